The maximum absolute atomic E-state index is 11.9. The van der Waals surface area contributed by atoms with Gasteiger partial charge in [0.25, 0.3) is 0 Å². The van der Waals surface area contributed by atoms with Gasteiger partial charge >= 0.3 is 0 Å². The molecule has 1 aliphatic carbocycles. The number of benzene rings is 1. The van der Waals surface area contributed by atoms with Gasteiger partial charge in [0, 0.05) is 5.92 Å². The zero-order valence-electron chi connectivity index (χ0n) is 10.1. The average Bonchev–Trinajstić information content (AvgIpc) is 3.19. The Morgan fingerprint density at radius 3 is 2.33 bits per heavy atom. The number of allylic oxidation sites excluding steroid dienone is 1. The summed E-state index contributed by atoms with van der Waals surface area (Å²) in [5.74, 6) is -0.207. The van der Waals surface area contributed by atoms with Crippen LogP contribution in [0.3, 0.4) is 0 Å². The highest BCUT2D eigenvalue weighted by molar-refractivity contribution is 6.23. The third kappa shape index (κ3) is 2.72. The van der Waals surface area contributed by atoms with Gasteiger partial charge in [0.15, 0.2) is 11.6 Å². The second-order valence-electron chi connectivity index (χ2n) is 4.49. The first-order chi connectivity index (χ1) is 8.61. The molecule has 3 heteroatoms. The van der Waals surface area contributed by atoms with E-state index in [0.29, 0.717) is 5.56 Å². The molecule has 0 atom stereocenters. The Hall–Kier alpha value is -2.21. The van der Waals surface area contributed by atoms with Crippen molar-refractivity contribution in [1.82, 2.24) is 0 Å². The summed E-state index contributed by atoms with van der Waals surface area (Å²) in [6.45, 7) is 1.41. The van der Waals surface area contributed by atoms with Crippen LogP contribution in [0.5, 0.6) is 0 Å². The third-order valence-electron chi connectivity index (χ3n) is 2.94. The molecule has 1 fully saturated rings. The highest BCUT2D eigenvalue weighted by Gasteiger charge is 2.33. The molecular weight excluding hydrogens is 226 g/mol. The first kappa shape index (κ1) is 12.3. The van der Waals surface area contributed by atoms with Crippen LogP contribution in [-0.4, -0.2) is 11.6 Å². The maximum Gasteiger partial charge on any atom is 0.169 e. The molecule has 0 unspecified atom stereocenters. The lowest BCUT2D eigenvalue weighted by atomic mass is 10.0. The van der Waals surface area contributed by atoms with Gasteiger partial charge in [0.1, 0.15) is 0 Å². The number of nitriles is 1. The molecule has 0 spiro atoms. The molecule has 3 nitrogen and oxygen atoms in total. The van der Waals surface area contributed by atoms with Crippen molar-refractivity contribution in [3.63, 3.8) is 0 Å². The Balaban J connectivity index is 2.29. The Labute approximate surface area is 106 Å². The summed E-state index contributed by atoms with van der Waals surface area (Å²) in [5, 5.41) is 8.69. The molecule has 0 bridgehead atoms. The van der Waals surface area contributed by atoms with Gasteiger partial charge in [-0.15, -0.1) is 0 Å². The summed E-state index contributed by atoms with van der Waals surface area (Å²) >= 11 is 0. The zero-order valence-corrected chi connectivity index (χ0v) is 10.1. The fraction of sp³-hybridized carbons (Fsp3) is 0.267. The number of nitrogens with zero attached hydrogens (tertiary/aromatic N) is 1. The van der Waals surface area contributed by atoms with Gasteiger partial charge in [-0.25, -0.2) is 0 Å². The quantitative estimate of drug-likeness (QED) is 0.461. The number of Topliss-reactive ketones (excluding diaryl/α,β-unsaturated/α-hetero) is 2. The van der Waals surface area contributed by atoms with E-state index in [1.807, 2.05) is 6.07 Å². The number of carbonyl (C=O) groups excluding carboxylic acids is 2. The van der Waals surface area contributed by atoms with Crippen LogP contribution < -0.4 is 0 Å². The standard InChI is InChI=1S/C15H13NO2/c1-10(17)14(15(18)13-6-7-13)8-11-2-4-12(9-16)5-3-11/h2-5,8,13H,6-7H2,1H3. The molecule has 18 heavy (non-hydrogen) atoms. The van der Waals surface area contributed by atoms with E-state index in [4.69, 9.17) is 5.26 Å². The Kier molecular flexibility index (Phi) is 3.38. The van der Waals surface area contributed by atoms with E-state index in [1.165, 1.54) is 6.92 Å². The molecule has 1 aromatic carbocycles. The Morgan fingerprint density at radius 1 is 1.28 bits per heavy atom. The zero-order chi connectivity index (χ0) is 13.1. The number of rotatable bonds is 4. The number of hydrogen-bond donors (Lipinski definition) is 0. The van der Waals surface area contributed by atoms with Crippen molar-refractivity contribution in [3.8, 4) is 6.07 Å². The van der Waals surface area contributed by atoms with Crippen LogP contribution in [0.15, 0.2) is 29.8 Å². The van der Waals surface area contributed by atoms with Gasteiger partial charge in [-0.2, -0.15) is 5.26 Å². The molecule has 2 rings (SSSR count). The molecule has 0 radical (unpaired) electrons. The van der Waals surface area contributed by atoms with Crippen molar-refractivity contribution in [1.29, 1.82) is 5.26 Å². The van der Waals surface area contributed by atoms with Crippen LogP contribution in [-0.2, 0) is 9.59 Å². The molecule has 0 heterocycles. The molecular formula is C15H13NO2. The van der Waals surface area contributed by atoms with Crippen molar-refractivity contribution in [2.75, 3.05) is 0 Å². The van der Waals surface area contributed by atoms with Gasteiger partial charge in [0.05, 0.1) is 17.2 Å². The van der Waals surface area contributed by atoms with Crippen molar-refractivity contribution < 1.29 is 9.59 Å². The van der Waals surface area contributed by atoms with Crippen LogP contribution in [0.2, 0.25) is 0 Å². The Bertz CT molecular complexity index is 557. The van der Waals surface area contributed by atoms with Crippen molar-refractivity contribution in [2.45, 2.75) is 19.8 Å². The number of carbonyl (C=O) groups is 2. The molecule has 0 aliphatic heterocycles. The molecule has 0 aromatic heterocycles. The van der Waals surface area contributed by atoms with Gasteiger partial charge < -0.3 is 0 Å². The SMILES string of the molecule is CC(=O)C(=Cc1ccc(C#N)cc1)C(=O)C1CC1. The van der Waals surface area contributed by atoms with E-state index in [9.17, 15) is 9.59 Å². The monoisotopic (exact) mass is 239 g/mol. The minimum Gasteiger partial charge on any atom is -0.294 e. The molecule has 0 amide bonds. The smallest absolute Gasteiger partial charge is 0.169 e. The summed E-state index contributed by atoms with van der Waals surface area (Å²) in [5.41, 5.74) is 1.60. The van der Waals surface area contributed by atoms with Crippen molar-refractivity contribution in [3.05, 3.63) is 41.0 Å². The van der Waals surface area contributed by atoms with Crippen LogP contribution in [0, 0.1) is 17.2 Å². The lowest BCUT2D eigenvalue weighted by Gasteiger charge is -2.02. The summed E-state index contributed by atoms with van der Waals surface area (Å²) in [6.07, 6.45) is 3.39. The van der Waals surface area contributed by atoms with Crippen molar-refractivity contribution >= 4 is 17.6 Å². The minimum absolute atomic E-state index is 0.0403. The average molecular weight is 239 g/mol. The molecule has 0 N–H and O–H groups in total. The Morgan fingerprint density at radius 2 is 1.89 bits per heavy atom. The summed E-state index contributed by atoms with van der Waals surface area (Å²) in [4.78, 5) is 23.4. The highest BCUT2D eigenvalue weighted by atomic mass is 16.1. The fourth-order valence-corrected chi connectivity index (χ4v) is 1.73. The van der Waals surface area contributed by atoms with Crippen LogP contribution in [0.1, 0.15) is 30.9 Å². The second kappa shape index (κ2) is 4.97. The molecule has 1 aromatic rings. The summed E-state index contributed by atoms with van der Waals surface area (Å²) < 4.78 is 0. The molecule has 0 saturated heterocycles. The number of hydrogen-bond acceptors (Lipinski definition) is 3. The largest absolute Gasteiger partial charge is 0.294 e. The van der Waals surface area contributed by atoms with Gasteiger partial charge in [-0.3, -0.25) is 9.59 Å². The van der Waals surface area contributed by atoms with Gasteiger partial charge in [-0.05, 0) is 43.5 Å². The van der Waals surface area contributed by atoms with E-state index < -0.39 is 0 Å². The van der Waals surface area contributed by atoms with E-state index >= 15 is 0 Å². The third-order valence-corrected chi connectivity index (χ3v) is 2.94. The molecule has 90 valence electrons. The molecule has 1 aliphatic rings. The van der Waals surface area contributed by atoms with E-state index in [0.717, 1.165) is 18.4 Å². The van der Waals surface area contributed by atoms with Crippen LogP contribution in [0.4, 0.5) is 0 Å². The molecule has 1 saturated carbocycles. The van der Waals surface area contributed by atoms with Crippen LogP contribution in [0.25, 0.3) is 6.08 Å². The predicted molar refractivity (Wildman–Crippen MR) is 67.5 cm³/mol. The maximum atomic E-state index is 11.9. The van der Waals surface area contributed by atoms with Gasteiger partial charge in [-0.1, -0.05) is 12.1 Å². The normalized spacial score (nSPS) is 15.0. The lowest BCUT2D eigenvalue weighted by molar-refractivity contribution is -0.121. The lowest BCUT2D eigenvalue weighted by Crippen LogP contribution is -2.11. The first-order valence-corrected chi connectivity index (χ1v) is 5.89. The fourth-order valence-electron chi connectivity index (χ4n) is 1.73. The van der Waals surface area contributed by atoms with Crippen LogP contribution >= 0.6 is 0 Å². The predicted octanol–water partition coefficient (Wildman–Crippen LogP) is 2.51. The highest BCUT2D eigenvalue weighted by Crippen LogP contribution is 2.33. The van der Waals surface area contributed by atoms with Crippen molar-refractivity contribution in [2.24, 2.45) is 5.92 Å². The van der Waals surface area contributed by atoms with E-state index in [1.54, 1.807) is 30.3 Å². The second-order valence-corrected chi connectivity index (χ2v) is 4.49. The van der Waals surface area contributed by atoms with Gasteiger partial charge in [0.2, 0.25) is 0 Å². The number of ketones is 2. The topological polar surface area (TPSA) is 57.9 Å². The summed E-state index contributed by atoms with van der Waals surface area (Å²) in [7, 11) is 0. The minimum atomic E-state index is -0.198. The summed E-state index contributed by atoms with van der Waals surface area (Å²) in [6, 6.07) is 8.85. The first-order valence-electron chi connectivity index (χ1n) is 5.89. The van der Waals surface area contributed by atoms with E-state index in [2.05, 4.69) is 0 Å². The van der Waals surface area contributed by atoms with E-state index in [-0.39, 0.29) is 23.1 Å².